The summed E-state index contributed by atoms with van der Waals surface area (Å²) in [5.74, 6) is 0.609. The molecule has 25 heavy (non-hydrogen) atoms. The molecule has 2 aromatic rings. The van der Waals surface area contributed by atoms with Crippen molar-refractivity contribution in [1.29, 1.82) is 0 Å². The molecule has 1 aliphatic rings. The normalized spacial score (nSPS) is 13.8. The molecule has 0 aromatic heterocycles. The number of hydrogen-bond acceptors (Lipinski definition) is 3. The molecule has 6 heteroatoms. The highest BCUT2D eigenvalue weighted by molar-refractivity contribution is 6.30. The van der Waals surface area contributed by atoms with Crippen molar-refractivity contribution in [1.82, 2.24) is 0 Å². The van der Waals surface area contributed by atoms with Crippen LogP contribution in [0.25, 0.3) is 0 Å². The van der Waals surface area contributed by atoms with Crippen LogP contribution < -0.4 is 15.0 Å². The van der Waals surface area contributed by atoms with Gasteiger partial charge in [-0.3, -0.25) is 9.59 Å². The molecule has 0 aliphatic carbocycles. The van der Waals surface area contributed by atoms with Gasteiger partial charge in [0.15, 0.2) is 0 Å². The molecule has 1 N–H and O–H groups in total. The fraction of sp³-hybridized carbons (Fsp3) is 0.263. The Labute approximate surface area is 151 Å². The molecule has 1 fully saturated rings. The van der Waals surface area contributed by atoms with Crippen LogP contribution in [-0.4, -0.2) is 25.5 Å². The number of hydrogen-bond donors (Lipinski definition) is 1. The van der Waals surface area contributed by atoms with E-state index in [-0.39, 0.29) is 18.2 Å². The molecule has 1 heterocycles. The predicted octanol–water partition coefficient (Wildman–Crippen LogP) is 3.66. The number of halogens is 1. The molecule has 0 radical (unpaired) electrons. The highest BCUT2D eigenvalue weighted by Crippen LogP contribution is 2.25. The Bertz CT molecular complexity index is 790. The predicted molar refractivity (Wildman–Crippen MR) is 98.4 cm³/mol. The average Bonchev–Trinajstić information content (AvgIpc) is 3.02. The number of anilines is 2. The number of carbonyl (C=O) groups excluding carboxylic acids is 2. The maximum Gasteiger partial charge on any atom is 0.228 e. The van der Waals surface area contributed by atoms with Crippen molar-refractivity contribution >= 4 is 34.8 Å². The molecule has 5 nitrogen and oxygen atoms in total. The van der Waals surface area contributed by atoms with E-state index in [2.05, 4.69) is 5.32 Å². The molecule has 1 aliphatic heterocycles. The van der Waals surface area contributed by atoms with Gasteiger partial charge in [-0.1, -0.05) is 11.6 Å². The van der Waals surface area contributed by atoms with Gasteiger partial charge in [-0.05, 0) is 48.9 Å². The Kier molecular flexibility index (Phi) is 5.24. The van der Waals surface area contributed by atoms with E-state index in [1.165, 1.54) is 0 Å². The summed E-state index contributed by atoms with van der Waals surface area (Å²) in [6.07, 6.45) is 1.65. The summed E-state index contributed by atoms with van der Waals surface area (Å²) in [7, 11) is 1.56. The second-order valence-electron chi connectivity index (χ2n) is 5.88. The molecule has 0 unspecified atom stereocenters. The van der Waals surface area contributed by atoms with Gasteiger partial charge in [0.05, 0.1) is 13.5 Å². The van der Waals surface area contributed by atoms with Crippen molar-refractivity contribution in [2.75, 3.05) is 23.9 Å². The van der Waals surface area contributed by atoms with Gasteiger partial charge in [0, 0.05) is 34.9 Å². The van der Waals surface area contributed by atoms with Gasteiger partial charge in [0.2, 0.25) is 11.8 Å². The molecule has 2 aromatic carbocycles. The molecule has 0 spiro atoms. The van der Waals surface area contributed by atoms with Crippen LogP contribution in [0.2, 0.25) is 5.02 Å². The van der Waals surface area contributed by atoms with E-state index < -0.39 is 0 Å². The van der Waals surface area contributed by atoms with Crippen molar-refractivity contribution in [2.24, 2.45) is 0 Å². The first-order chi connectivity index (χ1) is 12.1. The largest absolute Gasteiger partial charge is 0.496 e. The summed E-state index contributed by atoms with van der Waals surface area (Å²) in [6, 6.07) is 12.5. The highest BCUT2D eigenvalue weighted by atomic mass is 35.5. The maximum atomic E-state index is 12.3. The number of amides is 2. The first-order valence-electron chi connectivity index (χ1n) is 8.09. The molecular weight excluding hydrogens is 340 g/mol. The van der Waals surface area contributed by atoms with Crippen LogP contribution in [0.5, 0.6) is 5.75 Å². The smallest absolute Gasteiger partial charge is 0.228 e. The lowest BCUT2D eigenvalue weighted by molar-refractivity contribution is -0.117. The molecule has 0 atom stereocenters. The minimum atomic E-state index is -0.162. The van der Waals surface area contributed by atoms with E-state index in [0.29, 0.717) is 22.9 Å². The Morgan fingerprint density at radius 3 is 2.64 bits per heavy atom. The minimum absolute atomic E-state index is 0.143. The van der Waals surface area contributed by atoms with Crippen molar-refractivity contribution < 1.29 is 14.3 Å². The first-order valence-corrected chi connectivity index (χ1v) is 8.47. The zero-order valence-corrected chi connectivity index (χ0v) is 14.7. The van der Waals surface area contributed by atoms with Crippen molar-refractivity contribution in [3.63, 3.8) is 0 Å². The lowest BCUT2D eigenvalue weighted by Gasteiger charge is -2.16. The monoisotopic (exact) mass is 358 g/mol. The zero-order chi connectivity index (χ0) is 17.8. The third-order valence-electron chi connectivity index (χ3n) is 4.13. The Hall–Kier alpha value is -2.53. The fourth-order valence-corrected chi connectivity index (χ4v) is 3.10. The summed E-state index contributed by atoms with van der Waals surface area (Å²) in [6.45, 7) is 0.749. The number of nitrogens with zero attached hydrogens (tertiary/aromatic N) is 1. The SMILES string of the molecule is COc1ccc(Cl)cc1CC(=O)Nc1ccc(N2CCCC2=O)cc1. The maximum absolute atomic E-state index is 12.3. The van der Waals surface area contributed by atoms with Crippen LogP contribution in [0.1, 0.15) is 18.4 Å². The van der Waals surface area contributed by atoms with Crippen LogP contribution in [0, 0.1) is 0 Å². The van der Waals surface area contributed by atoms with Gasteiger partial charge in [0.1, 0.15) is 5.75 Å². The third-order valence-corrected chi connectivity index (χ3v) is 4.36. The zero-order valence-electron chi connectivity index (χ0n) is 13.9. The summed E-state index contributed by atoms with van der Waals surface area (Å²) in [5, 5.41) is 3.41. The Morgan fingerprint density at radius 2 is 2.00 bits per heavy atom. The Balaban J connectivity index is 1.65. The van der Waals surface area contributed by atoms with Crippen molar-refractivity contribution in [3.05, 3.63) is 53.1 Å². The number of benzene rings is 2. The highest BCUT2D eigenvalue weighted by Gasteiger charge is 2.21. The Morgan fingerprint density at radius 1 is 1.24 bits per heavy atom. The molecule has 130 valence electrons. The number of ether oxygens (including phenoxy) is 1. The van der Waals surface area contributed by atoms with Gasteiger partial charge < -0.3 is 15.0 Å². The molecule has 2 amide bonds. The van der Waals surface area contributed by atoms with Gasteiger partial charge in [-0.25, -0.2) is 0 Å². The number of methoxy groups -OCH3 is 1. The average molecular weight is 359 g/mol. The molecule has 0 bridgehead atoms. The quantitative estimate of drug-likeness (QED) is 0.887. The van der Waals surface area contributed by atoms with E-state index in [0.717, 1.165) is 24.2 Å². The second kappa shape index (κ2) is 7.57. The molecule has 0 saturated carbocycles. The van der Waals surface area contributed by atoms with Crippen molar-refractivity contribution in [3.8, 4) is 5.75 Å². The fourth-order valence-electron chi connectivity index (χ4n) is 2.91. The lowest BCUT2D eigenvalue weighted by atomic mass is 10.1. The van der Waals surface area contributed by atoms with Gasteiger partial charge >= 0.3 is 0 Å². The van der Waals surface area contributed by atoms with Crippen LogP contribution in [-0.2, 0) is 16.0 Å². The minimum Gasteiger partial charge on any atom is -0.496 e. The van der Waals surface area contributed by atoms with Crippen LogP contribution in [0.15, 0.2) is 42.5 Å². The summed E-state index contributed by atoms with van der Waals surface area (Å²) < 4.78 is 5.26. The van der Waals surface area contributed by atoms with Crippen molar-refractivity contribution in [2.45, 2.75) is 19.3 Å². The molecular formula is C19H19ClN2O3. The van der Waals surface area contributed by atoms with E-state index in [1.54, 1.807) is 42.3 Å². The van der Waals surface area contributed by atoms with E-state index in [9.17, 15) is 9.59 Å². The summed E-state index contributed by atoms with van der Waals surface area (Å²) in [5.41, 5.74) is 2.27. The topological polar surface area (TPSA) is 58.6 Å². The summed E-state index contributed by atoms with van der Waals surface area (Å²) >= 11 is 5.99. The van der Waals surface area contributed by atoms with Gasteiger partial charge in [0.25, 0.3) is 0 Å². The van der Waals surface area contributed by atoms with E-state index in [4.69, 9.17) is 16.3 Å². The number of rotatable bonds is 5. The third kappa shape index (κ3) is 4.12. The molecule has 3 rings (SSSR count). The number of nitrogens with one attached hydrogen (secondary N) is 1. The second-order valence-corrected chi connectivity index (χ2v) is 6.31. The standard InChI is InChI=1S/C19H19ClN2O3/c1-25-17-9-4-14(20)11-13(17)12-18(23)21-15-5-7-16(8-6-15)22-10-2-3-19(22)24/h4-9,11H,2-3,10,12H2,1H3,(H,21,23). The lowest BCUT2D eigenvalue weighted by Crippen LogP contribution is -2.23. The van der Waals surface area contributed by atoms with Gasteiger partial charge in [-0.15, -0.1) is 0 Å². The summed E-state index contributed by atoms with van der Waals surface area (Å²) in [4.78, 5) is 25.8. The molecule has 1 saturated heterocycles. The van der Waals surface area contributed by atoms with E-state index >= 15 is 0 Å². The van der Waals surface area contributed by atoms with E-state index in [1.807, 2.05) is 12.1 Å². The first kappa shape index (κ1) is 17.3. The van der Waals surface area contributed by atoms with Crippen LogP contribution in [0.3, 0.4) is 0 Å². The van der Waals surface area contributed by atoms with Crippen LogP contribution >= 0.6 is 11.6 Å². The van der Waals surface area contributed by atoms with Crippen LogP contribution in [0.4, 0.5) is 11.4 Å². The number of carbonyl (C=O) groups is 2. The van der Waals surface area contributed by atoms with Gasteiger partial charge in [-0.2, -0.15) is 0 Å².